The highest BCUT2D eigenvalue weighted by molar-refractivity contribution is 7.19. The molecule has 0 aliphatic carbocycles. The van der Waals surface area contributed by atoms with E-state index in [9.17, 15) is 0 Å². The zero-order chi connectivity index (χ0) is 23.6. The van der Waals surface area contributed by atoms with Crippen molar-refractivity contribution >= 4 is 49.8 Å². The summed E-state index contributed by atoms with van der Waals surface area (Å²) < 4.78 is 2.01. The van der Waals surface area contributed by atoms with Crippen LogP contribution in [0.1, 0.15) is 16.1 Å². The fourth-order valence-corrected chi connectivity index (χ4v) is 4.58. The number of aromatic nitrogens is 6. The van der Waals surface area contributed by atoms with E-state index in [1.165, 1.54) is 23.1 Å². The predicted octanol–water partition coefficient (Wildman–Crippen LogP) is 4.60. The Kier molecular flexibility index (Phi) is 5.25. The minimum Gasteiger partial charge on any atom is -0.382 e. The minimum atomic E-state index is 0.366. The van der Waals surface area contributed by atoms with Crippen molar-refractivity contribution in [3.8, 4) is 11.8 Å². The number of rotatable bonds is 4. The molecule has 8 nitrogen and oxygen atoms in total. The van der Waals surface area contributed by atoms with Crippen molar-refractivity contribution in [1.29, 1.82) is 0 Å². The third kappa shape index (κ3) is 4.38. The van der Waals surface area contributed by atoms with Gasteiger partial charge in [0.05, 0.1) is 40.9 Å². The van der Waals surface area contributed by atoms with E-state index in [2.05, 4.69) is 66.5 Å². The first-order chi connectivity index (χ1) is 17.2. The zero-order valence-corrected chi connectivity index (χ0v) is 19.2. The standard InChI is InChI=1S/C26H18N8S/c27-24-14-28-20(13-29-24)6-8-21-11-22-25(30-16-31-26(22)35-21)33-19-7-9-23-18(10-19)12-32-34(23)15-17-4-2-1-3-5-17/h1-5,7,9-14,16H,15H2,(H2,27,29)(H,30,31,33). The van der Waals surface area contributed by atoms with Crippen molar-refractivity contribution in [2.75, 3.05) is 11.1 Å². The third-order valence-corrected chi connectivity index (χ3v) is 6.35. The molecule has 6 rings (SSSR count). The minimum absolute atomic E-state index is 0.366. The van der Waals surface area contributed by atoms with E-state index in [1.54, 1.807) is 12.5 Å². The molecule has 35 heavy (non-hydrogen) atoms. The fraction of sp³-hybridized carbons (Fsp3) is 0.0385. The molecule has 0 aliphatic heterocycles. The Balaban J connectivity index is 1.26. The number of hydrogen-bond donors (Lipinski definition) is 2. The summed E-state index contributed by atoms with van der Waals surface area (Å²) >= 11 is 1.50. The summed E-state index contributed by atoms with van der Waals surface area (Å²) in [6.07, 6.45) is 6.49. The molecule has 2 aromatic carbocycles. The van der Waals surface area contributed by atoms with E-state index >= 15 is 0 Å². The first kappa shape index (κ1) is 20.8. The van der Waals surface area contributed by atoms with Gasteiger partial charge in [0.1, 0.15) is 28.5 Å². The van der Waals surface area contributed by atoms with Crippen LogP contribution in [0.2, 0.25) is 0 Å². The molecule has 0 fully saturated rings. The molecule has 4 heterocycles. The molecule has 6 aromatic rings. The number of thiophene rings is 1. The lowest BCUT2D eigenvalue weighted by molar-refractivity contribution is 0.712. The molecule has 0 saturated carbocycles. The molecule has 0 amide bonds. The van der Waals surface area contributed by atoms with Crippen LogP contribution >= 0.6 is 11.3 Å². The van der Waals surface area contributed by atoms with Gasteiger partial charge in [-0.1, -0.05) is 30.3 Å². The van der Waals surface area contributed by atoms with Crippen molar-refractivity contribution in [1.82, 2.24) is 29.7 Å². The molecule has 0 atom stereocenters. The Bertz CT molecular complexity index is 1710. The largest absolute Gasteiger partial charge is 0.382 e. The molecule has 0 aliphatic rings. The van der Waals surface area contributed by atoms with Crippen LogP contribution < -0.4 is 11.1 Å². The number of anilines is 3. The number of nitrogens with two attached hydrogens (primary N) is 1. The van der Waals surface area contributed by atoms with Crippen LogP contribution in [0, 0.1) is 11.8 Å². The molecule has 9 heteroatoms. The maximum Gasteiger partial charge on any atom is 0.142 e. The molecule has 0 saturated heterocycles. The Morgan fingerprint density at radius 1 is 0.914 bits per heavy atom. The summed E-state index contributed by atoms with van der Waals surface area (Å²) in [7, 11) is 0. The van der Waals surface area contributed by atoms with Crippen molar-refractivity contribution in [3.63, 3.8) is 0 Å². The molecule has 168 valence electrons. The topological polar surface area (TPSA) is 107 Å². The van der Waals surface area contributed by atoms with Gasteiger partial charge in [-0.2, -0.15) is 5.10 Å². The number of nitrogens with one attached hydrogen (secondary N) is 1. The smallest absolute Gasteiger partial charge is 0.142 e. The Hall–Kier alpha value is -4.81. The van der Waals surface area contributed by atoms with Crippen molar-refractivity contribution in [3.05, 3.63) is 95.6 Å². The second-order valence-corrected chi connectivity index (χ2v) is 8.85. The number of benzene rings is 2. The molecule has 4 aromatic heterocycles. The maximum atomic E-state index is 5.58. The van der Waals surface area contributed by atoms with Crippen molar-refractivity contribution in [2.45, 2.75) is 6.54 Å². The van der Waals surface area contributed by atoms with Gasteiger partial charge in [0.2, 0.25) is 0 Å². The number of nitrogens with zero attached hydrogens (tertiary/aromatic N) is 6. The summed E-state index contributed by atoms with van der Waals surface area (Å²) in [4.78, 5) is 18.8. The zero-order valence-electron chi connectivity index (χ0n) is 18.4. The number of nitrogen functional groups attached to an aromatic ring is 1. The van der Waals surface area contributed by atoms with Gasteiger partial charge in [-0.05, 0) is 41.7 Å². The Morgan fingerprint density at radius 3 is 2.69 bits per heavy atom. The van der Waals surface area contributed by atoms with Gasteiger partial charge in [-0.15, -0.1) is 11.3 Å². The molecule has 3 N–H and O–H groups in total. The van der Waals surface area contributed by atoms with Gasteiger partial charge in [-0.3, -0.25) is 4.68 Å². The normalized spacial score (nSPS) is 10.9. The average molecular weight is 475 g/mol. The van der Waals surface area contributed by atoms with E-state index in [0.717, 1.165) is 44.0 Å². The van der Waals surface area contributed by atoms with E-state index in [1.807, 2.05) is 41.2 Å². The monoisotopic (exact) mass is 474 g/mol. The molecular formula is C26H18N8S. The lowest BCUT2D eigenvalue weighted by Crippen LogP contribution is -2.01. The van der Waals surface area contributed by atoms with Crippen LogP contribution in [-0.4, -0.2) is 29.7 Å². The van der Waals surface area contributed by atoms with Crippen LogP contribution in [0.25, 0.3) is 21.1 Å². The summed E-state index contributed by atoms with van der Waals surface area (Å²) in [5.74, 6) is 7.23. The second-order valence-electron chi connectivity index (χ2n) is 7.81. The SMILES string of the molecule is Nc1cnc(C#Cc2cc3c(Nc4ccc5c(cnn5Cc5ccccc5)c4)ncnc3s2)cn1. The maximum absolute atomic E-state index is 5.58. The van der Waals surface area contributed by atoms with Crippen LogP contribution in [0.15, 0.2) is 79.5 Å². The fourth-order valence-electron chi connectivity index (χ4n) is 3.73. The van der Waals surface area contributed by atoms with Gasteiger partial charge in [-0.25, -0.2) is 19.9 Å². The van der Waals surface area contributed by atoms with E-state index in [4.69, 9.17) is 5.73 Å². The molecule has 0 bridgehead atoms. The first-order valence-corrected chi connectivity index (χ1v) is 11.6. The van der Waals surface area contributed by atoms with Crippen molar-refractivity contribution in [2.24, 2.45) is 0 Å². The van der Waals surface area contributed by atoms with Crippen LogP contribution in [0.4, 0.5) is 17.3 Å². The average Bonchev–Trinajstić information content (AvgIpc) is 3.49. The van der Waals surface area contributed by atoms with Gasteiger partial charge < -0.3 is 11.1 Å². The second kappa shape index (κ2) is 8.85. The molecule has 0 unspecified atom stereocenters. The molecule has 0 radical (unpaired) electrons. The summed E-state index contributed by atoms with van der Waals surface area (Å²) in [5, 5.41) is 9.96. The third-order valence-electron chi connectivity index (χ3n) is 5.39. The Labute approximate surface area is 204 Å². The highest BCUT2D eigenvalue weighted by Crippen LogP contribution is 2.30. The van der Waals surface area contributed by atoms with E-state index in [-0.39, 0.29) is 0 Å². The van der Waals surface area contributed by atoms with Crippen molar-refractivity contribution < 1.29 is 0 Å². The lowest BCUT2D eigenvalue weighted by atomic mass is 10.2. The van der Waals surface area contributed by atoms with Crippen LogP contribution in [0.3, 0.4) is 0 Å². The summed E-state index contributed by atoms with van der Waals surface area (Å²) in [5.41, 5.74) is 9.35. The predicted molar refractivity (Wildman–Crippen MR) is 138 cm³/mol. The quantitative estimate of drug-likeness (QED) is 0.359. The summed E-state index contributed by atoms with van der Waals surface area (Å²) in [6, 6.07) is 18.5. The van der Waals surface area contributed by atoms with Gasteiger partial charge in [0.25, 0.3) is 0 Å². The van der Waals surface area contributed by atoms with Crippen LogP contribution in [-0.2, 0) is 6.54 Å². The number of fused-ring (bicyclic) bond motifs is 2. The van der Waals surface area contributed by atoms with Crippen LogP contribution in [0.5, 0.6) is 0 Å². The van der Waals surface area contributed by atoms with E-state index in [0.29, 0.717) is 11.5 Å². The molecule has 0 spiro atoms. The highest BCUT2D eigenvalue weighted by Gasteiger charge is 2.10. The highest BCUT2D eigenvalue weighted by atomic mass is 32.1. The van der Waals surface area contributed by atoms with Gasteiger partial charge >= 0.3 is 0 Å². The molecular weight excluding hydrogens is 456 g/mol. The summed E-state index contributed by atoms with van der Waals surface area (Å²) in [6.45, 7) is 0.727. The van der Waals surface area contributed by atoms with Gasteiger partial charge in [0, 0.05) is 11.1 Å². The van der Waals surface area contributed by atoms with E-state index < -0.39 is 0 Å². The number of hydrogen-bond acceptors (Lipinski definition) is 8. The lowest BCUT2D eigenvalue weighted by Gasteiger charge is -2.08. The van der Waals surface area contributed by atoms with Gasteiger partial charge in [0.15, 0.2) is 0 Å². The Morgan fingerprint density at radius 2 is 1.83 bits per heavy atom. The first-order valence-electron chi connectivity index (χ1n) is 10.8.